The Balaban J connectivity index is 2.82. The summed E-state index contributed by atoms with van der Waals surface area (Å²) in [5.41, 5.74) is 1.36. The third kappa shape index (κ3) is 2.77. The van der Waals surface area contributed by atoms with E-state index >= 15 is 0 Å². The first-order chi connectivity index (χ1) is 6.50. The Kier molecular flexibility index (Phi) is 3.57. The minimum absolute atomic E-state index is 0.119. The summed E-state index contributed by atoms with van der Waals surface area (Å²) < 4.78 is 23.8. The number of aryl methyl sites for hydroxylation is 2. The van der Waals surface area contributed by atoms with Crippen LogP contribution in [0.25, 0.3) is 0 Å². The van der Waals surface area contributed by atoms with Gasteiger partial charge in [0.15, 0.2) is 11.0 Å². The Bertz CT molecular complexity index is 331. The summed E-state index contributed by atoms with van der Waals surface area (Å²) in [6, 6.07) is 0. The van der Waals surface area contributed by atoms with E-state index < -0.39 is 13.0 Å². The van der Waals surface area contributed by atoms with Gasteiger partial charge in [0, 0.05) is 0 Å². The lowest BCUT2D eigenvalue weighted by Gasteiger charge is -2.08. The van der Waals surface area contributed by atoms with Gasteiger partial charge < -0.3 is 5.32 Å². The second-order valence-corrected chi connectivity index (χ2v) is 3.16. The number of hydrogen-bond donors (Lipinski definition) is 1. The molecule has 3 nitrogen and oxygen atoms in total. The highest BCUT2D eigenvalue weighted by atomic mass is 35.5. The summed E-state index contributed by atoms with van der Waals surface area (Å²) in [7, 11) is 0. The van der Waals surface area contributed by atoms with E-state index in [9.17, 15) is 8.78 Å². The fourth-order valence-electron chi connectivity index (χ4n) is 0.862. The molecule has 0 aromatic carbocycles. The summed E-state index contributed by atoms with van der Waals surface area (Å²) in [5.74, 6) is 0.204. The average molecular weight is 222 g/mol. The van der Waals surface area contributed by atoms with Crippen molar-refractivity contribution in [2.24, 2.45) is 0 Å². The van der Waals surface area contributed by atoms with Gasteiger partial charge in [-0.05, 0) is 13.8 Å². The molecule has 78 valence electrons. The normalized spacial score (nSPS) is 10.7. The van der Waals surface area contributed by atoms with Gasteiger partial charge in [-0.1, -0.05) is 11.6 Å². The number of nitrogens with zero attached hydrogens (tertiary/aromatic N) is 2. The Labute approximate surface area is 85.5 Å². The zero-order valence-electron chi connectivity index (χ0n) is 7.81. The Morgan fingerprint density at radius 1 is 1.29 bits per heavy atom. The van der Waals surface area contributed by atoms with Crippen LogP contribution in [-0.2, 0) is 0 Å². The van der Waals surface area contributed by atoms with Crippen molar-refractivity contribution in [3.8, 4) is 0 Å². The van der Waals surface area contributed by atoms with Crippen molar-refractivity contribution in [1.82, 2.24) is 9.97 Å². The monoisotopic (exact) mass is 221 g/mol. The quantitative estimate of drug-likeness (QED) is 0.852. The van der Waals surface area contributed by atoms with Gasteiger partial charge in [-0.3, -0.25) is 0 Å². The van der Waals surface area contributed by atoms with E-state index in [1.165, 1.54) is 0 Å². The van der Waals surface area contributed by atoms with Crippen LogP contribution in [0, 0.1) is 13.8 Å². The molecule has 0 spiro atoms. The maximum Gasteiger partial charge on any atom is 0.255 e. The molecule has 6 heteroatoms. The van der Waals surface area contributed by atoms with Crippen molar-refractivity contribution >= 4 is 17.4 Å². The maximum atomic E-state index is 11.9. The molecular formula is C8H10ClF2N3. The molecule has 1 N–H and O–H groups in total. The van der Waals surface area contributed by atoms with Crippen LogP contribution in [0.1, 0.15) is 11.4 Å². The van der Waals surface area contributed by atoms with Gasteiger partial charge in [-0.25, -0.2) is 18.7 Å². The summed E-state index contributed by atoms with van der Waals surface area (Å²) in [5, 5.41) is 2.54. The minimum Gasteiger partial charge on any atom is -0.362 e. The van der Waals surface area contributed by atoms with Crippen LogP contribution in [0.3, 0.4) is 0 Å². The number of anilines is 1. The number of nitrogens with one attached hydrogen (secondary N) is 1. The molecular weight excluding hydrogens is 212 g/mol. The predicted octanol–water partition coefficient (Wildman–Crippen LogP) is 2.42. The van der Waals surface area contributed by atoms with Gasteiger partial charge in [-0.2, -0.15) is 0 Å². The molecule has 0 fully saturated rings. The van der Waals surface area contributed by atoms with Crippen LogP contribution in [0.2, 0.25) is 5.15 Å². The van der Waals surface area contributed by atoms with Gasteiger partial charge >= 0.3 is 0 Å². The molecule has 0 atom stereocenters. The molecule has 0 radical (unpaired) electrons. The summed E-state index contributed by atoms with van der Waals surface area (Å²) in [6.07, 6.45) is -2.44. The number of halogens is 3. The molecule has 0 saturated heterocycles. The average Bonchev–Trinajstić information content (AvgIpc) is 2.09. The smallest absolute Gasteiger partial charge is 0.255 e. The highest BCUT2D eigenvalue weighted by molar-refractivity contribution is 6.31. The largest absolute Gasteiger partial charge is 0.362 e. The Morgan fingerprint density at radius 3 is 2.43 bits per heavy atom. The zero-order chi connectivity index (χ0) is 10.7. The van der Waals surface area contributed by atoms with Crippen LogP contribution in [0.5, 0.6) is 0 Å². The van der Waals surface area contributed by atoms with E-state index in [1.807, 2.05) is 0 Å². The van der Waals surface area contributed by atoms with E-state index in [4.69, 9.17) is 11.6 Å². The third-order valence-electron chi connectivity index (χ3n) is 1.69. The molecule has 1 aromatic heterocycles. The molecule has 0 unspecified atom stereocenters. The zero-order valence-corrected chi connectivity index (χ0v) is 8.57. The molecule has 1 rings (SSSR count). The van der Waals surface area contributed by atoms with E-state index in [1.54, 1.807) is 13.8 Å². The lowest BCUT2D eigenvalue weighted by Crippen LogP contribution is -2.12. The van der Waals surface area contributed by atoms with Crippen LogP contribution in [-0.4, -0.2) is 22.9 Å². The highest BCUT2D eigenvalue weighted by Crippen LogP contribution is 2.18. The summed E-state index contributed by atoms with van der Waals surface area (Å²) >= 11 is 5.70. The standard InChI is InChI=1S/C8H10ClF2N3/c1-4-5(2)14-8(7(9)13-4)12-3-6(10)11/h6H,3H2,1-2H3,(H,12,14). The number of aromatic nitrogens is 2. The molecule has 0 aliphatic rings. The van der Waals surface area contributed by atoms with Gasteiger partial charge in [-0.15, -0.1) is 0 Å². The lowest BCUT2D eigenvalue weighted by molar-refractivity contribution is 0.163. The van der Waals surface area contributed by atoms with Crippen molar-refractivity contribution in [3.63, 3.8) is 0 Å². The van der Waals surface area contributed by atoms with Gasteiger partial charge in [0.25, 0.3) is 6.43 Å². The summed E-state index contributed by atoms with van der Waals surface area (Å²) in [4.78, 5) is 7.95. The first-order valence-electron chi connectivity index (χ1n) is 4.03. The van der Waals surface area contributed by atoms with Crippen LogP contribution in [0.15, 0.2) is 0 Å². The van der Waals surface area contributed by atoms with E-state index in [0.717, 1.165) is 0 Å². The molecule has 1 heterocycles. The number of rotatable bonds is 3. The van der Waals surface area contributed by atoms with Crippen molar-refractivity contribution < 1.29 is 8.78 Å². The first kappa shape index (κ1) is 11.1. The third-order valence-corrected chi connectivity index (χ3v) is 1.95. The fraction of sp³-hybridized carbons (Fsp3) is 0.500. The Hall–Kier alpha value is -0.970. The van der Waals surface area contributed by atoms with Crippen molar-refractivity contribution in [1.29, 1.82) is 0 Å². The van der Waals surface area contributed by atoms with Gasteiger partial charge in [0.2, 0.25) is 0 Å². The molecule has 0 aliphatic heterocycles. The van der Waals surface area contributed by atoms with Gasteiger partial charge in [0.05, 0.1) is 17.9 Å². The second kappa shape index (κ2) is 4.50. The lowest BCUT2D eigenvalue weighted by atomic mass is 10.3. The molecule has 0 saturated carbocycles. The molecule has 0 amide bonds. The molecule has 0 aliphatic carbocycles. The van der Waals surface area contributed by atoms with E-state index in [-0.39, 0.29) is 11.0 Å². The molecule has 14 heavy (non-hydrogen) atoms. The van der Waals surface area contributed by atoms with Gasteiger partial charge in [0.1, 0.15) is 0 Å². The number of hydrogen-bond acceptors (Lipinski definition) is 3. The van der Waals surface area contributed by atoms with Crippen molar-refractivity contribution in [2.75, 3.05) is 11.9 Å². The van der Waals surface area contributed by atoms with E-state index in [2.05, 4.69) is 15.3 Å². The predicted molar refractivity (Wildman–Crippen MR) is 51.0 cm³/mol. The minimum atomic E-state index is -2.44. The van der Waals surface area contributed by atoms with Crippen molar-refractivity contribution in [2.45, 2.75) is 20.3 Å². The summed E-state index contributed by atoms with van der Waals surface area (Å²) in [6.45, 7) is 3.02. The van der Waals surface area contributed by atoms with Crippen LogP contribution in [0.4, 0.5) is 14.6 Å². The Morgan fingerprint density at radius 2 is 1.86 bits per heavy atom. The van der Waals surface area contributed by atoms with Crippen LogP contribution >= 0.6 is 11.6 Å². The second-order valence-electron chi connectivity index (χ2n) is 2.81. The van der Waals surface area contributed by atoms with E-state index in [0.29, 0.717) is 11.4 Å². The highest BCUT2D eigenvalue weighted by Gasteiger charge is 2.08. The van der Waals surface area contributed by atoms with Crippen LogP contribution < -0.4 is 5.32 Å². The topological polar surface area (TPSA) is 37.8 Å². The van der Waals surface area contributed by atoms with Crippen molar-refractivity contribution in [3.05, 3.63) is 16.5 Å². The SMILES string of the molecule is Cc1nc(Cl)c(NCC(F)F)nc1C. The maximum absolute atomic E-state index is 11.9. The first-order valence-corrected chi connectivity index (χ1v) is 4.41. The fourth-order valence-corrected chi connectivity index (χ4v) is 1.10. The molecule has 1 aromatic rings. The number of alkyl halides is 2. The molecule has 0 bridgehead atoms.